The second-order valence-electron chi connectivity index (χ2n) is 5.35. The van der Waals surface area contributed by atoms with Gasteiger partial charge in [0.1, 0.15) is 18.2 Å². The Kier molecular flexibility index (Phi) is 4.21. The molecular formula is C13H23N5O. The number of rotatable bonds is 6. The second kappa shape index (κ2) is 5.71. The van der Waals surface area contributed by atoms with Crippen molar-refractivity contribution >= 4 is 11.6 Å². The Morgan fingerprint density at radius 2 is 2.16 bits per heavy atom. The van der Waals surface area contributed by atoms with Crippen molar-refractivity contribution in [3.05, 3.63) is 11.9 Å². The van der Waals surface area contributed by atoms with Crippen LogP contribution in [-0.4, -0.2) is 48.2 Å². The van der Waals surface area contributed by atoms with Gasteiger partial charge in [0.25, 0.3) is 0 Å². The van der Waals surface area contributed by atoms with Crippen LogP contribution >= 0.6 is 0 Å². The molecule has 6 heteroatoms. The van der Waals surface area contributed by atoms with Gasteiger partial charge in [-0.15, -0.1) is 0 Å². The fourth-order valence-electron chi connectivity index (χ4n) is 2.42. The van der Waals surface area contributed by atoms with Gasteiger partial charge in [-0.1, -0.05) is 0 Å². The van der Waals surface area contributed by atoms with E-state index in [0.29, 0.717) is 18.2 Å². The normalized spacial score (nSPS) is 17.3. The Hall–Kier alpha value is -1.40. The van der Waals surface area contributed by atoms with Crippen LogP contribution in [0, 0.1) is 0 Å². The van der Waals surface area contributed by atoms with E-state index in [4.69, 9.17) is 10.5 Å². The fraction of sp³-hybridized carbons (Fsp3) is 0.692. The molecule has 1 aromatic heterocycles. The summed E-state index contributed by atoms with van der Waals surface area (Å²) in [5.41, 5.74) is 6.03. The van der Waals surface area contributed by atoms with Gasteiger partial charge in [-0.3, -0.25) is 0 Å². The molecule has 2 rings (SSSR count). The molecule has 0 unspecified atom stereocenters. The predicted octanol–water partition coefficient (Wildman–Crippen LogP) is 1.10. The van der Waals surface area contributed by atoms with E-state index in [1.807, 2.05) is 0 Å². The topological polar surface area (TPSA) is 76.3 Å². The summed E-state index contributed by atoms with van der Waals surface area (Å²) in [7, 11) is 5.88. The molecule has 19 heavy (non-hydrogen) atoms. The minimum Gasteiger partial charge on any atom is -0.384 e. The average Bonchev–Trinajstić information content (AvgIpc) is 2.26. The van der Waals surface area contributed by atoms with Gasteiger partial charge < -0.3 is 20.7 Å². The minimum atomic E-state index is 0.251. The van der Waals surface area contributed by atoms with Gasteiger partial charge in [-0.05, 0) is 33.4 Å². The number of methoxy groups -OCH3 is 1. The molecule has 1 saturated carbocycles. The summed E-state index contributed by atoms with van der Waals surface area (Å²) in [6.07, 6.45) is 3.73. The van der Waals surface area contributed by atoms with Crippen molar-refractivity contribution in [2.75, 3.05) is 38.8 Å². The highest BCUT2D eigenvalue weighted by Crippen LogP contribution is 2.36. The van der Waals surface area contributed by atoms with Crippen LogP contribution in [0.1, 0.15) is 25.1 Å². The molecule has 0 bridgehead atoms. The molecule has 1 aromatic rings. The Labute approximate surface area is 114 Å². The van der Waals surface area contributed by atoms with E-state index in [1.54, 1.807) is 13.2 Å². The summed E-state index contributed by atoms with van der Waals surface area (Å²) >= 11 is 0. The Morgan fingerprint density at radius 1 is 1.42 bits per heavy atom. The van der Waals surface area contributed by atoms with Crippen molar-refractivity contribution < 1.29 is 4.74 Å². The van der Waals surface area contributed by atoms with E-state index >= 15 is 0 Å². The van der Waals surface area contributed by atoms with E-state index in [9.17, 15) is 0 Å². The minimum absolute atomic E-state index is 0.251. The summed E-state index contributed by atoms with van der Waals surface area (Å²) in [6.45, 7) is 1.25. The molecule has 1 fully saturated rings. The van der Waals surface area contributed by atoms with Gasteiger partial charge in [0.2, 0.25) is 0 Å². The van der Waals surface area contributed by atoms with Crippen LogP contribution in [0.5, 0.6) is 0 Å². The van der Waals surface area contributed by atoms with E-state index in [2.05, 4.69) is 34.3 Å². The van der Waals surface area contributed by atoms with Crippen molar-refractivity contribution in [1.82, 2.24) is 14.9 Å². The molecule has 0 aromatic carbocycles. The number of aromatic nitrogens is 2. The summed E-state index contributed by atoms with van der Waals surface area (Å²) in [6, 6.07) is 1.77. The van der Waals surface area contributed by atoms with Crippen molar-refractivity contribution in [2.24, 2.45) is 0 Å². The van der Waals surface area contributed by atoms with Gasteiger partial charge in [-0.25, -0.2) is 9.97 Å². The third-order valence-corrected chi connectivity index (χ3v) is 3.90. The number of ether oxygens (including phenoxy) is 1. The molecule has 0 amide bonds. The first-order valence-electron chi connectivity index (χ1n) is 6.59. The zero-order valence-corrected chi connectivity index (χ0v) is 11.9. The van der Waals surface area contributed by atoms with Gasteiger partial charge >= 0.3 is 0 Å². The number of nitrogen functional groups attached to an aromatic ring is 1. The molecule has 0 aliphatic heterocycles. The molecule has 0 saturated heterocycles. The van der Waals surface area contributed by atoms with Gasteiger partial charge in [0.05, 0.1) is 0 Å². The van der Waals surface area contributed by atoms with Crippen LogP contribution in [0.25, 0.3) is 0 Å². The van der Waals surface area contributed by atoms with Crippen molar-refractivity contribution in [1.29, 1.82) is 0 Å². The summed E-state index contributed by atoms with van der Waals surface area (Å²) in [5, 5.41) is 3.38. The molecule has 1 aliphatic rings. The molecular weight excluding hydrogens is 242 g/mol. The molecule has 0 radical (unpaired) electrons. The molecule has 0 atom stereocenters. The maximum absolute atomic E-state index is 5.78. The maximum atomic E-state index is 5.78. The smallest absolute Gasteiger partial charge is 0.158 e. The van der Waals surface area contributed by atoms with Gasteiger partial charge in [-0.2, -0.15) is 0 Å². The lowest BCUT2D eigenvalue weighted by atomic mass is 9.75. The fourth-order valence-corrected chi connectivity index (χ4v) is 2.42. The summed E-state index contributed by atoms with van der Waals surface area (Å²) in [5.74, 6) is 1.85. The molecule has 106 valence electrons. The van der Waals surface area contributed by atoms with E-state index in [0.717, 1.165) is 12.4 Å². The van der Waals surface area contributed by atoms with Crippen molar-refractivity contribution in [2.45, 2.75) is 31.4 Å². The third kappa shape index (κ3) is 3.13. The number of hydrogen-bond acceptors (Lipinski definition) is 6. The van der Waals surface area contributed by atoms with Crippen molar-refractivity contribution in [3.8, 4) is 0 Å². The quantitative estimate of drug-likeness (QED) is 0.802. The predicted molar refractivity (Wildman–Crippen MR) is 75.9 cm³/mol. The average molecular weight is 265 g/mol. The molecule has 6 nitrogen and oxygen atoms in total. The van der Waals surface area contributed by atoms with E-state index in [-0.39, 0.29) is 5.54 Å². The number of nitrogens with zero attached hydrogens (tertiary/aromatic N) is 3. The van der Waals surface area contributed by atoms with E-state index < -0.39 is 0 Å². The highest BCUT2D eigenvalue weighted by molar-refractivity contribution is 5.45. The number of nitrogens with one attached hydrogen (secondary N) is 1. The number of likely N-dealkylation sites (N-methyl/N-ethyl adjacent to an activating group) is 1. The van der Waals surface area contributed by atoms with Crippen LogP contribution in [-0.2, 0) is 11.3 Å². The Bertz CT molecular complexity index is 431. The molecule has 3 N–H and O–H groups in total. The zero-order valence-electron chi connectivity index (χ0n) is 11.9. The van der Waals surface area contributed by atoms with Crippen LogP contribution in [0.2, 0.25) is 0 Å². The third-order valence-electron chi connectivity index (χ3n) is 3.90. The Balaban J connectivity index is 2.02. The standard InChI is InChI=1S/C13H23N5O/c1-18(2)13(5-4-6-13)9-15-11-7-10(14)16-12(17-11)8-19-3/h7H,4-6,8-9H2,1-3H3,(H3,14,15,16,17). The SMILES string of the molecule is COCc1nc(N)cc(NCC2(N(C)C)CCC2)n1. The lowest BCUT2D eigenvalue weighted by molar-refractivity contribution is 0.0738. The molecule has 0 spiro atoms. The van der Waals surface area contributed by atoms with Crippen LogP contribution < -0.4 is 11.1 Å². The number of anilines is 2. The highest BCUT2D eigenvalue weighted by Gasteiger charge is 2.38. The van der Waals surface area contributed by atoms with Gasteiger partial charge in [0.15, 0.2) is 5.82 Å². The largest absolute Gasteiger partial charge is 0.384 e. The van der Waals surface area contributed by atoms with E-state index in [1.165, 1.54) is 19.3 Å². The highest BCUT2D eigenvalue weighted by atomic mass is 16.5. The van der Waals surface area contributed by atoms with Crippen LogP contribution in [0.15, 0.2) is 6.07 Å². The monoisotopic (exact) mass is 265 g/mol. The maximum Gasteiger partial charge on any atom is 0.158 e. The second-order valence-corrected chi connectivity index (χ2v) is 5.35. The number of nitrogens with two attached hydrogens (primary N) is 1. The number of hydrogen-bond donors (Lipinski definition) is 2. The van der Waals surface area contributed by atoms with Gasteiger partial charge in [0, 0.05) is 25.3 Å². The lowest BCUT2D eigenvalue weighted by Gasteiger charge is -2.47. The summed E-state index contributed by atoms with van der Waals surface area (Å²) < 4.78 is 5.04. The first kappa shape index (κ1) is 14.0. The lowest BCUT2D eigenvalue weighted by Crippen LogP contribution is -2.54. The summed E-state index contributed by atoms with van der Waals surface area (Å²) in [4.78, 5) is 10.8. The van der Waals surface area contributed by atoms with Crippen LogP contribution in [0.3, 0.4) is 0 Å². The first-order valence-corrected chi connectivity index (χ1v) is 6.59. The first-order chi connectivity index (χ1) is 9.05. The van der Waals surface area contributed by atoms with Crippen LogP contribution in [0.4, 0.5) is 11.6 Å². The zero-order chi connectivity index (χ0) is 13.9. The van der Waals surface area contributed by atoms with Crippen molar-refractivity contribution in [3.63, 3.8) is 0 Å². The molecule has 1 aliphatic carbocycles. The molecule has 1 heterocycles. The Morgan fingerprint density at radius 3 is 2.68 bits per heavy atom.